The van der Waals surface area contributed by atoms with E-state index in [1.165, 1.54) is 12.1 Å². The summed E-state index contributed by atoms with van der Waals surface area (Å²) < 4.78 is 25.1. The number of halogens is 1. The van der Waals surface area contributed by atoms with Crippen LogP contribution in [0, 0.1) is 5.82 Å². The minimum atomic E-state index is -0.806. The predicted molar refractivity (Wildman–Crippen MR) is 121 cm³/mol. The van der Waals surface area contributed by atoms with Gasteiger partial charge in [0.15, 0.2) is 5.60 Å². The fraction of sp³-hybridized carbons (Fsp3) is 0.480. The molecule has 1 aliphatic rings. The Hall–Kier alpha value is -2.44. The molecule has 0 spiro atoms. The van der Waals surface area contributed by atoms with Gasteiger partial charge in [0.25, 0.3) is 5.91 Å². The summed E-state index contributed by atoms with van der Waals surface area (Å²) in [5, 5.41) is 3.08. The normalized spacial score (nSPS) is 18.4. The molecule has 0 aromatic heterocycles. The molecule has 0 radical (unpaired) electrons. The van der Waals surface area contributed by atoms with E-state index in [0.29, 0.717) is 30.9 Å². The molecule has 1 amide bonds. The van der Waals surface area contributed by atoms with Gasteiger partial charge in [0.1, 0.15) is 11.6 Å². The van der Waals surface area contributed by atoms with Gasteiger partial charge in [0.05, 0.1) is 7.11 Å². The van der Waals surface area contributed by atoms with Gasteiger partial charge < -0.3 is 19.7 Å². The van der Waals surface area contributed by atoms with Crippen molar-refractivity contribution < 1.29 is 18.7 Å². The van der Waals surface area contributed by atoms with Crippen molar-refractivity contribution in [3.8, 4) is 16.9 Å². The molecule has 6 heteroatoms. The van der Waals surface area contributed by atoms with Crippen LogP contribution in [0.5, 0.6) is 5.75 Å². The highest BCUT2D eigenvalue weighted by molar-refractivity contribution is 5.86. The SMILES string of the molecule is COc1ccc(F)cc1-c1ccc(CC2(C(=O)NCCCCN(C)C)CCCO2)cc1. The van der Waals surface area contributed by atoms with Gasteiger partial charge in [-0.3, -0.25) is 4.79 Å². The molecule has 168 valence electrons. The highest BCUT2D eigenvalue weighted by Crippen LogP contribution is 2.33. The summed E-state index contributed by atoms with van der Waals surface area (Å²) in [6.45, 7) is 2.28. The first-order valence-electron chi connectivity index (χ1n) is 10.9. The van der Waals surface area contributed by atoms with Gasteiger partial charge in [-0.1, -0.05) is 24.3 Å². The second-order valence-electron chi connectivity index (χ2n) is 8.43. The average Bonchev–Trinajstić information content (AvgIpc) is 3.23. The van der Waals surface area contributed by atoms with Crippen LogP contribution in [0.25, 0.3) is 11.1 Å². The molecule has 3 rings (SSSR count). The lowest BCUT2D eigenvalue weighted by molar-refractivity contribution is -0.141. The van der Waals surface area contributed by atoms with Gasteiger partial charge in [0.2, 0.25) is 0 Å². The predicted octanol–water partition coefficient (Wildman–Crippen LogP) is 4.05. The van der Waals surface area contributed by atoms with E-state index in [1.807, 2.05) is 24.3 Å². The van der Waals surface area contributed by atoms with Crippen molar-refractivity contribution in [2.45, 2.75) is 37.7 Å². The Morgan fingerprint density at radius 1 is 1.19 bits per heavy atom. The number of hydrogen-bond acceptors (Lipinski definition) is 4. The number of carbonyl (C=O) groups is 1. The van der Waals surface area contributed by atoms with E-state index in [-0.39, 0.29) is 11.7 Å². The number of nitrogens with zero attached hydrogens (tertiary/aromatic N) is 1. The molecule has 2 aromatic carbocycles. The maximum absolute atomic E-state index is 13.7. The van der Waals surface area contributed by atoms with E-state index in [0.717, 1.165) is 43.4 Å². The lowest BCUT2D eigenvalue weighted by Gasteiger charge is -2.27. The van der Waals surface area contributed by atoms with Crippen LogP contribution in [0.3, 0.4) is 0 Å². The monoisotopic (exact) mass is 428 g/mol. The maximum atomic E-state index is 13.7. The molecule has 1 unspecified atom stereocenters. The Bertz CT molecular complexity index is 862. The summed E-state index contributed by atoms with van der Waals surface area (Å²) >= 11 is 0. The minimum absolute atomic E-state index is 0.0225. The van der Waals surface area contributed by atoms with E-state index in [9.17, 15) is 9.18 Å². The largest absolute Gasteiger partial charge is 0.496 e. The van der Waals surface area contributed by atoms with Gasteiger partial charge in [-0.05, 0) is 75.6 Å². The molecular weight excluding hydrogens is 395 g/mol. The standard InChI is InChI=1S/C25H33FN2O3/c1-28(2)15-5-4-14-27-24(29)25(13-6-16-31-25)18-19-7-9-20(10-8-19)22-17-21(26)11-12-23(22)30-3/h7-12,17H,4-6,13-16,18H2,1-3H3,(H,27,29). The molecule has 1 aliphatic heterocycles. The summed E-state index contributed by atoms with van der Waals surface area (Å²) in [7, 11) is 5.68. The first kappa shape index (κ1) is 23.2. The maximum Gasteiger partial charge on any atom is 0.252 e. The number of carbonyl (C=O) groups excluding carboxylic acids is 1. The van der Waals surface area contributed by atoms with Crippen molar-refractivity contribution in [2.75, 3.05) is 40.9 Å². The van der Waals surface area contributed by atoms with Crippen LogP contribution in [0.15, 0.2) is 42.5 Å². The summed E-state index contributed by atoms with van der Waals surface area (Å²) in [6.07, 6.45) is 4.12. The van der Waals surface area contributed by atoms with E-state index in [4.69, 9.17) is 9.47 Å². The zero-order valence-corrected chi connectivity index (χ0v) is 18.7. The molecule has 0 aliphatic carbocycles. The van der Waals surface area contributed by atoms with Crippen LogP contribution < -0.4 is 10.1 Å². The van der Waals surface area contributed by atoms with Gasteiger partial charge in [-0.2, -0.15) is 0 Å². The number of methoxy groups -OCH3 is 1. The Kier molecular flexibility index (Phi) is 8.04. The first-order valence-corrected chi connectivity index (χ1v) is 10.9. The Morgan fingerprint density at radius 3 is 2.61 bits per heavy atom. The zero-order valence-electron chi connectivity index (χ0n) is 18.7. The van der Waals surface area contributed by atoms with Crippen LogP contribution >= 0.6 is 0 Å². The molecule has 1 saturated heterocycles. The van der Waals surface area contributed by atoms with Gasteiger partial charge in [-0.25, -0.2) is 4.39 Å². The third-order valence-corrected chi connectivity index (χ3v) is 5.75. The molecule has 1 atom stereocenters. The van der Waals surface area contributed by atoms with Crippen LogP contribution in [0.2, 0.25) is 0 Å². The number of unbranched alkanes of at least 4 members (excludes halogenated alkanes) is 1. The quantitative estimate of drug-likeness (QED) is 0.580. The van der Waals surface area contributed by atoms with Crippen LogP contribution in [0.1, 0.15) is 31.2 Å². The number of ether oxygens (including phenoxy) is 2. The second kappa shape index (κ2) is 10.7. The Balaban J connectivity index is 1.66. The second-order valence-corrected chi connectivity index (χ2v) is 8.43. The molecule has 5 nitrogen and oxygen atoms in total. The van der Waals surface area contributed by atoms with Crippen molar-refractivity contribution in [1.29, 1.82) is 0 Å². The fourth-order valence-corrected chi connectivity index (χ4v) is 4.05. The Labute approximate surface area is 184 Å². The number of rotatable bonds is 10. The molecule has 1 N–H and O–H groups in total. The highest BCUT2D eigenvalue weighted by atomic mass is 19.1. The average molecular weight is 429 g/mol. The van der Waals surface area contributed by atoms with Crippen LogP contribution in [-0.4, -0.2) is 57.3 Å². The molecule has 2 aromatic rings. The van der Waals surface area contributed by atoms with Crippen molar-refractivity contribution >= 4 is 5.91 Å². The highest BCUT2D eigenvalue weighted by Gasteiger charge is 2.42. The number of amides is 1. The molecule has 1 fully saturated rings. The van der Waals surface area contributed by atoms with Crippen LogP contribution in [0.4, 0.5) is 4.39 Å². The zero-order chi connectivity index (χ0) is 22.3. The first-order chi connectivity index (χ1) is 14.9. The van der Waals surface area contributed by atoms with Crippen molar-refractivity contribution in [1.82, 2.24) is 10.2 Å². The smallest absolute Gasteiger partial charge is 0.252 e. The van der Waals surface area contributed by atoms with E-state index >= 15 is 0 Å². The number of nitrogens with one attached hydrogen (secondary N) is 1. The number of benzene rings is 2. The topological polar surface area (TPSA) is 50.8 Å². The Morgan fingerprint density at radius 2 is 1.97 bits per heavy atom. The van der Waals surface area contributed by atoms with Crippen molar-refractivity contribution in [3.05, 3.63) is 53.8 Å². The van der Waals surface area contributed by atoms with Crippen molar-refractivity contribution in [2.24, 2.45) is 0 Å². The molecule has 0 bridgehead atoms. The fourth-order valence-electron chi connectivity index (χ4n) is 4.05. The van der Waals surface area contributed by atoms with E-state index in [2.05, 4.69) is 24.3 Å². The molecule has 0 saturated carbocycles. The number of hydrogen-bond donors (Lipinski definition) is 1. The summed E-state index contributed by atoms with van der Waals surface area (Å²) in [5.41, 5.74) is 1.78. The third kappa shape index (κ3) is 6.05. The lowest BCUT2D eigenvalue weighted by atomic mass is 9.89. The van der Waals surface area contributed by atoms with Gasteiger partial charge >= 0.3 is 0 Å². The van der Waals surface area contributed by atoms with E-state index in [1.54, 1.807) is 13.2 Å². The summed E-state index contributed by atoms with van der Waals surface area (Å²) in [6, 6.07) is 12.3. The molecular formula is C25H33FN2O3. The molecule has 31 heavy (non-hydrogen) atoms. The minimum Gasteiger partial charge on any atom is -0.496 e. The summed E-state index contributed by atoms with van der Waals surface area (Å²) in [5.74, 6) is 0.296. The van der Waals surface area contributed by atoms with Crippen molar-refractivity contribution in [3.63, 3.8) is 0 Å². The van der Waals surface area contributed by atoms with Crippen LogP contribution in [-0.2, 0) is 16.0 Å². The van der Waals surface area contributed by atoms with Gasteiger partial charge in [0, 0.05) is 25.1 Å². The third-order valence-electron chi connectivity index (χ3n) is 5.75. The molecule has 1 heterocycles. The van der Waals surface area contributed by atoms with Gasteiger partial charge in [-0.15, -0.1) is 0 Å². The lowest BCUT2D eigenvalue weighted by Crippen LogP contribution is -2.48. The van der Waals surface area contributed by atoms with E-state index < -0.39 is 5.60 Å². The summed E-state index contributed by atoms with van der Waals surface area (Å²) in [4.78, 5) is 15.1.